The molecule has 2 heterocycles. The van der Waals surface area contributed by atoms with Crippen molar-refractivity contribution >= 4 is 11.5 Å². The molecule has 0 saturated carbocycles. The Bertz CT molecular complexity index is 1030. The molecule has 0 bridgehead atoms. The summed E-state index contributed by atoms with van der Waals surface area (Å²) in [5.41, 5.74) is 0.839. The number of halogens is 3. The van der Waals surface area contributed by atoms with Gasteiger partial charge in [-0.05, 0) is 42.8 Å². The summed E-state index contributed by atoms with van der Waals surface area (Å²) < 4.78 is 41.0. The zero-order valence-electron chi connectivity index (χ0n) is 15.4. The fraction of sp³-hybridized carbons (Fsp3) is 0.143. The first kappa shape index (κ1) is 20.2. The van der Waals surface area contributed by atoms with Crippen LogP contribution in [0.15, 0.2) is 60.0 Å². The van der Waals surface area contributed by atoms with Crippen molar-refractivity contribution in [2.45, 2.75) is 19.8 Å². The van der Waals surface area contributed by atoms with E-state index in [1.807, 2.05) is 6.92 Å². The lowest BCUT2D eigenvalue weighted by Gasteiger charge is -2.06. The Morgan fingerprint density at radius 3 is 2.34 bits per heavy atom. The van der Waals surface area contributed by atoms with Crippen LogP contribution in [0.5, 0.6) is 5.88 Å². The number of carbonyl (C=O) groups excluding carboxylic acids is 1. The number of hydrogen-bond donors (Lipinski definition) is 0. The van der Waals surface area contributed by atoms with E-state index >= 15 is 0 Å². The van der Waals surface area contributed by atoms with Gasteiger partial charge in [0.15, 0.2) is 11.6 Å². The highest BCUT2D eigenvalue weighted by Gasteiger charge is 2.18. The van der Waals surface area contributed by atoms with E-state index in [1.54, 1.807) is 12.1 Å². The van der Waals surface area contributed by atoms with Gasteiger partial charge in [0.1, 0.15) is 11.6 Å². The standard InChI is InChI=1S/C21H16F3N3O2/c1-2-18(27-29-21-17(24)7-4-10-25-21)13-8-9-14(26-12-13)11-19(28)20-15(22)5-3-6-16(20)23/h3-10,12H,2,11H2,1H3/b27-18+. The van der Waals surface area contributed by atoms with Gasteiger partial charge < -0.3 is 4.84 Å². The third-order valence-corrected chi connectivity index (χ3v) is 4.04. The van der Waals surface area contributed by atoms with Crippen LogP contribution in [0.4, 0.5) is 13.2 Å². The lowest BCUT2D eigenvalue weighted by atomic mass is 10.0. The fourth-order valence-electron chi connectivity index (χ4n) is 2.57. The molecule has 0 amide bonds. The summed E-state index contributed by atoms with van der Waals surface area (Å²) in [5, 5.41) is 3.91. The van der Waals surface area contributed by atoms with Crippen LogP contribution in [0.2, 0.25) is 0 Å². The molecule has 3 aromatic rings. The van der Waals surface area contributed by atoms with Gasteiger partial charge in [0.05, 0.1) is 17.7 Å². The molecule has 1 aromatic carbocycles. The molecular weight excluding hydrogens is 383 g/mol. The molecular formula is C21H16F3N3O2. The van der Waals surface area contributed by atoms with Crippen LogP contribution >= 0.6 is 0 Å². The van der Waals surface area contributed by atoms with Crippen molar-refractivity contribution in [1.29, 1.82) is 0 Å². The fourth-order valence-corrected chi connectivity index (χ4v) is 2.57. The molecule has 0 unspecified atom stereocenters. The molecule has 148 valence electrons. The Kier molecular flexibility index (Phi) is 6.33. The average molecular weight is 399 g/mol. The summed E-state index contributed by atoms with van der Waals surface area (Å²) >= 11 is 0. The molecule has 0 aliphatic heterocycles. The van der Waals surface area contributed by atoms with Gasteiger partial charge >= 0.3 is 0 Å². The third kappa shape index (κ3) is 4.84. The molecule has 5 nitrogen and oxygen atoms in total. The Balaban J connectivity index is 1.74. The van der Waals surface area contributed by atoms with Crippen LogP contribution in [0.25, 0.3) is 0 Å². The summed E-state index contributed by atoms with van der Waals surface area (Å²) in [7, 11) is 0. The lowest BCUT2D eigenvalue weighted by molar-refractivity contribution is 0.0984. The molecule has 2 aromatic heterocycles. The molecule has 0 saturated heterocycles. The molecule has 0 aliphatic carbocycles. The summed E-state index contributed by atoms with van der Waals surface area (Å²) in [6.45, 7) is 1.83. The van der Waals surface area contributed by atoms with Gasteiger partial charge in [0.25, 0.3) is 5.88 Å². The van der Waals surface area contributed by atoms with E-state index in [2.05, 4.69) is 15.1 Å². The lowest BCUT2D eigenvalue weighted by Crippen LogP contribution is -2.10. The molecule has 0 radical (unpaired) electrons. The van der Waals surface area contributed by atoms with Crippen LogP contribution in [-0.4, -0.2) is 21.5 Å². The summed E-state index contributed by atoms with van der Waals surface area (Å²) in [5.74, 6) is -3.42. The first-order valence-electron chi connectivity index (χ1n) is 8.76. The van der Waals surface area contributed by atoms with Crippen LogP contribution in [0.1, 0.15) is 35.0 Å². The second-order valence-electron chi connectivity index (χ2n) is 6.01. The average Bonchev–Trinajstić information content (AvgIpc) is 2.70. The minimum absolute atomic E-state index is 0.249. The summed E-state index contributed by atoms with van der Waals surface area (Å²) in [4.78, 5) is 25.2. The SMILES string of the molecule is CC/C(=N\Oc1ncccc1F)c1ccc(CC(=O)c2c(F)cccc2F)nc1. The quantitative estimate of drug-likeness (QED) is 0.333. The third-order valence-electron chi connectivity index (χ3n) is 4.04. The molecule has 29 heavy (non-hydrogen) atoms. The zero-order valence-corrected chi connectivity index (χ0v) is 15.4. The van der Waals surface area contributed by atoms with E-state index in [-0.39, 0.29) is 12.3 Å². The highest BCUT2D eigenvalue weighted by molar-refractivity contribution is 6.00. The van der Waals surface area contributed by atoms with Gasteiger partial charge in [0, 0.05) is 23.7 Å². The van der Waals surface area contributed by atoms with Gasteiger partial charge in [-0.2, -0.15) is 0 Å². The van der Waals surface area contributed by atoms with Gasteiger partial charge in [-0.15, -0.1) is 0 Å². The minimum Gasteiger partial charge on any atom is -0.333 e. The molecule has 0 N–H and O–H groups in total. The molecule has 8 heteroatoms. The smallest absolute Gasteiger partial charge is 0.284 e. The number of ketones is 1. The number of aromatic nitrogens is 2. The van der Waals surface area contributed by atoms with Crippen molar-refractivity contribution in [3.05, 3.63) is 89.1 Å². The van der Waals surface area contributed by atoms with Gasteiger partial charge in [-0.1, -0.05) is 18.1 Å². The van der Waals surface area contributed by atoms with Crippen LogP contribution in [0, 0.1) is 17.5 Å². The molecule has 0 spiro atoms. The van der Waals surface area contributed by atoms with Crippen molar-refractivity contribution in [1.82, 2.24) is 9.97 Å². The maximum absolute atomic E-state index is 13.7. The molecule has 0 atom stereocenters. The number of hydrogen-bond acceptors (Lipinski definition) is 5. The number of nitrogens with zero attached hydrogens (tertiary/aromatic N) is 3. The van der Waals surface area contributed by atoms with Gasteiger partial charge in [0.2, 0.25) is 0 Å². The zero-order chi connectivity index (χ0) is 20.8. The first-order valence-corrected chi connectivity index (χ1v) is 8.76. The van der Waals surface area contributed by atoms with E-state index < -0.39 is 28.8 Å². The molecule has 0 fully saturated rings. The van der Waals surface area contributed by atoms with Crippen molar-refractivity contribution in [2.24, 2.45) is 5.16 Å². The molecule has 0 aliphatic rings. The maximum atomic E-state index is 13.7. The van der Waals surface area contributed by atoms with E-state index in [0.717, 1.165) is 12.1 Å². The Morgan fingerprint density at radius 2 is 1.72 bits per heavy atom. The van der Waals surface area contributed by atoms with E-state index in [1.165, 1.54) is 30.6 Å². The van der Waals surface area contributed by atoms with Crippen LogP contribution < -0.4 is 4.84 Å². The van der Waals surface area contributed by atoms with Crippen molar-refractivity contribution in [2.75, 3.05) is 0 Å². The highest BCUT2D eigenvalue weighted by atomic mass is 19.1. The van der Waals surface area contributed by atoms with Crippen molar-refractivity contribution in [3.8, 4) is 5.88 Å². The Morgan fingerprint density at radius 1 is 1.00 bits per heavy atom. The van der Waals surface area contributed by atoms with Gasteiger partial charge in [-0.25, -0.2) is 18.2 Å². The first-order chi connectivity index (χ1) is 14.0. The highest BCUT2D eigenvalue weighted by Crippen LogP contribution is 2.16. The summed E-state index contributed by atoms with van der Waals surface area (Å²) in [6.07, 6.45) is 3.05. The number of rotatable bonds is 7. The van der Waals surface area contributed by atoms with Crippen molar-refractivity contribution < 1.29 is 22.8 Å². The van der Waals surface area contributed by atoms with E-state index in [4.69, 9.17) is 4.84 Å². The maximum Gasteiger partial charge on any atom is 0.284 e. The number of benzene rings is 1. The van der Waals surface area contributed by atoms with Crippen LogP contribution in [-0.2, 0) is 6.42 Å². The number of oxime groups is 1. The largest absolute Gasteiger partial charge is 0.333 e. The normalized spacial score (nSPS) is 11.4. The summed E-state index contributed by atoms with van der Waals surface area (Å²) in [6, 6.07) is 9.09. The van der Waals surface area contributed by atoms with Crippen molar-refractivity contribution in [3.63, 3.8) is 0 Å². The number of Topliss-reactive ketones (excluding diaryl/α,β-unsaturated/α-hetero) is 1. The van der Waals surface area contributed by atoms with Crippen LogP contribution in [0.3, 0.4) is 0 Å². The van der Waals surface area contributed by atoms with E-state index in [0.29, 0.717) is 23.4 Å². The predicted molar refractivity (Wildman–Crippen MR) is 100 cm³/mol. The number of carbonyl (C=O) groups is 1. The topological polar surface area (TPSA) is 64.4 Å². The second kappa shape index (κ2) is 9.09. The Hall–Kier alpha value is -3.55. The predicted octanol–water partition coefficient (Wildman–Crippen LogP) is 4.51. The second-order valence-corrected chi connectivity index (χ2v) is 6.01. The monoisotopic (exact) mass is 399 g/mol. The minimum atomic E-state index is -0.911. The van der Waals surface area contributed by atoms with E-state index in [9.17, 15) is 18.0 Å². The number of pyridine rings is 2. The Labute approximate surface area is 164 Å². The molecule has 3 rings (SSSR count). The van der Waals surface area contributed by atoms with Gasteiger partial charge in [-0.3, -0.25) is 9.78 Å².